The van der Waals surface area contributed by atoms with Gasteiger partial charge in [-0.2, -0.15) is 5.10 Å². The van der Waals surface area contributed by atoms with Crippen LogP contribution in [0.3, 0.4) is 0 Å². The summed E-state index contributed by atoms with van der Waals surface area (Å²) < 4.78 is 5.20. The summed E-state index contributed by atoms with van der Waals surface area (Å²) in [5.41, 5.74) is 5.88. The predicted molar refractivity (Wildman–Crippen MR) is 105 cm³/mol. The lowest BCUT2D eigenvalue weighted by molar-refractivity contribution is 0.415. The van der Waals surface area contributed by atoms with Crippen LogP contribution in [0, 0.1) is 5.92 Å². The number of rotatable bonds is 6. The van der Waals surface area contributed by atoms with E-state index in [2.05, 4.69) is 41.8 Å². The van der Waals surface area contributed by atoms with Gasteiger partial charge in [0.15, 0.2) is 5.11 Å². The first kappa shape index (κ1) is 17.9. The number of nitrogens with zero attached hydrogens (tertiary/aromatic N) is 1. The molecule has 126 valence electrons. The van der Waals surface area contributed by atoms with Crippen molar-refractivity contribution in [2.45, 2.75) is 20.3 Å². The minimum atomic E-state index is 0.445. The summed E-state index contributed by atoms with van der Waals surface area (Å²) in [4.78, 5) is 0. The highest BCUT2D eigenvalue weighted by Crippen LogP contribution is 2.16. The Hall–Kier alpha value is -2.40. The van der Waals surface area contributed by atoms with Crippen LogP contribution < -0.4 is 15.5 Å². The molecule has 2 rings (SSSR count). The van der Waals surface area contributed by atoms with E-state index < -0.39 is 0 Å². The van der Waals surface area contributed by atoms with Gasteiger partial charge in [-0.25, -0.2) is 0 Å². The number of benzene rings is 2. The Morgan fingerprint density at radius 1 is 1.12 bits per heavy atom. The number of nitrogens with one attached hydrogen (secondary N) is 2. The number of hydrazone groups is 1. The molecule has 0 aliphatic heterocycles. The summed E-state index contributed by atoms with van der Waals surface area (Å²) in [5.74, 6) is 1.28. The van der Waals surface area contributed by atoms with E-state index in [0.717, 1.165) is 29.1 Å². The second kappa shape index (κ2) is 9.03. The molecule has 0 radical (unpaired) electrons. The molecule has 0 aliphatic carbocycles. The quantitative estimate of drug-likeness (QED) is 0.463. The first-order valence-corrected chi connectivity index (χ1v) is 8.32. The Labute approximate surface area is 148 Å². The third-order valence-corrected chi connectivity index (χ3v) is 3.52. The number of hydrogen-bond donors (Lipinski definition) is 2. The molecule has 0 bridgehead atoms. The van der Waals surface area contributed by atoms with Gasteiger partial charge in [0, 0.05) is 11.8 Å². The zero-order valence-corrected chi connectivity index (χ0v) is 15.1. The van der Waals surface area contributed by atoms with Gasteiger partial charge in [-0.3, -0.25) is 5.43 Å². The van der Waals surface area contributed by atoms with Crippen LogP contribution in [0.25, 0.3) is 0 Å². The highest BCUT2D eigenvalue weighted by Gasteiger charge is 2.07. The molecule has 0 amide bonds. The molecule has 0 fully saturated rings. The average molecular weight is 341 g/mol. The number of anilines is 1. The van der Waals surface area contributed by atoms with Gasteiger partial charge < -0.3 is 10.1 Å². The van der Waals surface area contributed by atoms with Crippen molar-refractivity contribution in [1.29, 1.82) is 0 Å². The number of thiocarbonyl (C=S) groups is 1. The standard InChI is InChI=1S/C19H23N3OS/c1-14(2)12-18(15-8-5-4-6-9-15)21-22-19(24)20-16-10-7-11-17(13-16)23-3/h4-11,13-14H,12H2,1-3H3,(H2,20,22,24)/b21-18+. The van der Waals surface area contributed by atoms with E-state index in [1.54, 1.807) is 7.11 Å². The van der Waals surface area contributed by atoms with Gasteiger partial charge in [-0.05, 0) is 42.3 Å². The predicted octanol–water partition coefficient (Wildman–Crippen LogP) is 4.43. The average Bonchev–Trinajstić information content (AvgIpc) is 2.59. The molecular formula is C19H23N3OS. The van der Waals surface area contributed by atoms with Crippen LogP contribution in [-0.4, -0.2) is 17.9 Å². The summed E-state index contributed by atoms with van der Waals surface area (Å²) in [6.45, 7) is 4.34. The Morgan fingerprint density at radius 2 is 1.88 bits per heavy atom. The van der Waals surface area contributed by atoms with E-state index in [4.69, 9.17) is 17.0 Å². The van der Waals surface area contributed by atoms with Gasteiger partial charge in [0.2, 0.25) is 0 Å². The molecule has 0 spiro atoms. The smallest absolute Gasteiger partial charge is 0.191 e. The van der Waals surface area contributed by atoms with Crippen LogP contribution in [-0.2, 0) is 0 Å². The molecule has 0 aromatic heterocycles. The van der Waals surface area contributed by atoms with Gasteiger partial charge in [0.1, 0.15) is 5.75 Å². The van der Waals surface area contributed by atoms with Crippen molar-refractivity contribution in [3.05, 3.63) is 60.2 Å². The lowest BCUT2D eigenvalue weighted by Crippen LogP contribution is -2.25. The SMILES string of the molecule is COc1cccc(NC(=S)N/N=C(\CC(C)C)c2ccccc2)c1. The number of methoxy groups -OCH3 is 1. The molecule has 2 N–H and O–H groups in total. The third-order valence-electron chi connectivity index (χ3n) is 3.33. The summed E-state index contributed by atoms with van der Waals surface area (Å²) in [5, 5.41) is 8.06. The molecule has 24 heavy (non-hydrogen) atoms. The van der Waals surface area contributed by atoms with Crippen molar-refractivity contribution in [3.63, 3.8) is 0 Å². The van der Waals surface area contributed by atoms with E-state index in [-0.39, 0.29) is 0 Å². The highest BCUT2D eigenvalue weighted by atomic mass is 32.1. The van der Waals surface area contributed by atoms with E-state index in [0.29, 0.717) is 11.0 Å². The van der Waals surface area contributed by atoms with Gasteiger partial charge in [-0.15, -0.1) is 0 Å². The first-order chi connectivity index (χ1) is 11.6. The monoisotopic (exact) mass is 341 g/mol. The van der Waals surface area contributed by atoms with Gasteiger partial charge in [0.25, 0.3) is 0 Å². The van der Waals surface area contributed by atoms with Crippen molar-refractivity contribution in [2.24, 2.45) is 11.0 Å². The Balaban J connectivity index is 2.06. The maximum atomic E-state index is 5.33. The maximum absolute atomic E-state index is 5.33. The van der Waals surface area contributed by atoms with Gasteiger partial charge >= 0.3 is 0 Å². The lowest BCUT2D eigenvalue weighted by Gasteiger charge is -2.12. The van der Waals surface area contributed by atoms with Crippen molar-refractivity contribution < 1.29 is 4.74 Å². The molecule has 5 heteroatoms. The van der Waals surface area contributed by atoms with Crippen LogP contribution in [0.15, 0.2) is 59.7 Å². The van der Waals surface area contributed by atoms with Crippen LogP contribution in [0.5, 0.6) is 5.75 Å². The molecule has 4 nitrogen and oxygen atoms in total. The molecule has 0 saturated carbocycles. The van der Waals surface area contributed by atoms with Crippen LogP contribution >= 0.6 is 12.2 Å². The lowest BCUT2D eigenvalue weighted by atomic mass is 10.0. The van der Waals surface area contributed by atoms with E-state index in [1.165, 1.54) is 0 Å². The normalized spacial score (nSPS) is 11.2. The molecule has 0 aliphatic rings. The zero-order valence-electron chi connectivity index (χ0n) is 14.2. The Kier molecular flexibility index (Phi) is 6.75. The van der Waals surface area contributed by atoms with E-state index in [9.17, 15) is 0 Å². The minimum absolute atomic E-state index is 0.445. The van der Waals surface area contributed by atoms with Crippen LogP contribution in [0.1, 0.15) is 25.8 Å². The minimum Gasteiger partial charge on any atom is -0.497 e. The maximum Gasteiger partial charge on any atom is 0.191 e. The molecule has 2 aromatic carbocycles. The molecule has 0 unspecified atom stereocenters. The van der Waals surface area contributed by atoms with Gasteiger partial charge in [0.05, 0.1) is 12.8 Å². The Bertz CT molecular complexity index is 699. The summed E-state index contributed by atoms with van der Waals surface area (Å²) in [6, 6.07) is 17.7. The van der Waals surface area contributed by atoms with E-state index >= 15 is 0 Å². The molecular weight excluding hydrogens is 318 g/mol. The molecule has 2 aromatic rings. The van der Waals surface area contributed by atoms with Crippen molar-refractivity contribution in [2.75, 3.05) is 12.4 Å². The summed E-state index contributed by atoms with van der Waals surface area (Å²) >= 11 is 5.33. The molecule has 0 atom stereocenters. The second-order valence-electron chi connectivity index (χ2n) is 5.82. The van der Waals surface area contributed by atoms with Crippen molar-refractivity contribution in [1.82, 2.24) is 5.43 Å². The third kappa shape index (κ3) is 5.66. The highest BCUT2D eigenvalue weighted by molar-refractivity contribution is 7.80. The topological polar surface area (TPSA) is 45.6 Å². The fraction of sp³-hybridized carbons (Fsp3) is 0.263. The molecule has 0 heterocycles. The largest absolute Gasteiger partial charge is 0.497 e. The fourth-order valence-electron chi connectivity index (χ4n) is 2.22. The Morgan fingerprint density at radius 3 is 2.54 bits per heavy atom. The van der Waals surface area contributed by atoms with Crippen LogP contribution in [0.4, 0.5) is 5.69 Å². The van der Waals surface area contributed by atoms with E-state index in [1.807, 2.05) is 42.5 Å². The first-order valence-electron chi connectivity index (χ1n) is 7.91. The second-order valence-corrected chi connectivity index (χ2v) is 6.23. The number of hydrogen-bond acceptors (Lipinski definition) is 3. The summed E-state index contributed by atoms with van der Waals surface area (Å²) in [7, 11) is 1.64. The van der Waals surface area contributed by atoms with Crippen LogP contribution in [0.2, 0.25) is 0 Å². The van der Waals surface area contributed by atoms with Crippen molar-refractivity contribution in [3.8, 4) is 5.75 Å². The number of ether oxygens (including phenoxy) is 1. The van der Waals surface area contributed by atoms with Gasteiger partial charge in [-0.1, -0.05) is 50.2 Å². The fourth-order valence-corrected chi connectivity index (χ4v) is 2.39. The molecule has 0 saturated heterocycles. The summed E-state index contributed by atoms with van der Waals surface area (Å²) in [6.07, 6.45) is 0.874. The van der Waals surface area contributed by atoms with Crippen molar-refractivity contribution >= 4 is 28.7 Å². The zero-order chi connectivity index (χ0) is 17.4.